The number of thioether (sulfide) groups is 1. The highest BCUT2D eigenvalue weighted by Gasteiger charge is 2.24. The molecule has 0 atom stereocenters. The van der Waals surface area contributed by atoms with Crippen LogP contribution in [0.5, 0.6) is 17.2 Å². The Morgan fingerprint density at radius 3 is 2.31 bits per heavy atom. The van der Waals surface area contributed by atoms with Crippen molar-refractivity contribution >= 4 is 23.2 Å². The Bertz CT molecular complexity index is 884. The van der Waals surface area contributed by atoms with Crippen molar-refractivity contribution in [1.82, 2.24) is 4.90 Å². The van der Waals surface area contributed by atoms with Gasteiger partial charge in [0.15, 0.2) is 0 Å². The van der Waals surface area contributed by atoms with Crippen LogP contribution in [-0.2, 0) is 0 Å². The fraction of sp³-hybridized carbons (Fsp3) is 0.348. The van der Waals surface area contributed by atoms with Crippen LogP contribution in [0.15, 0.2) is 47.4 Å². The molecule has 0 saturated heterocycles. The Labute approximate surface area is 176 Å². The summed E-state index contributed by atoms with van der Waals surface area (Å²) in [5.74, 6) is 3.10. The first-order valence-electron chi connectivity index (χ1n) is 9.63. The molecule has 29 heavy (non-hydrogen) atoms. The molecule has 1 heterocycles. The van der Waals surface area contributed by atoms with Gasteiger partial charge in [-0.1, -0.05) is 25.1 Å². The molecule has 154 valence electrons. The minimum atomic E-state index is 0.0745. The number of benzene rings is 2. The van der Waals surface area contributed by atoms with Crippen LogP contribution in [-0.4, -0.2) is 51.0 Å². The fourth-order valence-electron chi connectivity index (χ4n) is 3.50. The van der Waals surface area contributed by atoms with Gasteiger partial charge in [0, 0.05) is 30.1 Å². The second-order valence-electron chi connectivity index (χ2n) is 6.57. The molecule has 0 N–H and O–H groups in total. The van der Waals surface area contributed by atoms with Crippen LogP contribution in [0.3, 0.4) is 0 Å². The second kappa shape index (κ2) is 9.74. The molecule has 0 bridgehead atoms. The number of rotatable bonds is 7. The van der Waals surface area contributed by atoms with Crippen LogP contribution in [0, 0.1) is 0 Å². The number of methoxy groups -OCH3 is 3. The molecule has 0 aliphatic carbocycles. The quantitative estimate of drug-likeness (QED) is 0.613. The maximum absolute atomic E-state index is 13.1. The van der Waals surface area contributed by atoms with Gasteiger partial charge in [0.2, 0.25) is 0 Å². The van der Waals surface area contributed by atoms with Gasteiger partial charge in [-0.3, -0.25) is 4.79 Å². The first-order chi connectivity index (χ1) is 14.1. The third-order valence-electron chi connectivity index (χ3n) is 4.95. The van der Waals surface area contributed by atoms with E-state index in [1.54, 1.807) is 33.1 Å². The van der Waals surface area contributed by atoms with Gasteiger partial charge >= 0.3 is 0 Å². The predicted molar refractivity (Wildman–Crippen MR) is 117 cm³/mol. The first-order valence-corrected chi connectivity index (χ1v) is 10.6. The van der Waals surface area contributed by atoms with Gasteiger partial charge in [0.1, 0.15) is 17.2 Å². The molecular formula is C23H27NO4S. The number of hydrogen-bond acceptors (Lipinski definition) is 5. The van der Waals surface area contributed by atoms with Crippen molar-refractivity contribution < 1.29 is 19.0 Å². The minimum absolute atomic E-state index is 0.0745. The van der Waals surface area contributed by atoms with Gasteiger partial charge in [0.05, 0.1) is 32.5 Å². The van der Waals surface area contributed by atoms with Crippen LogP contribution < -0.4 is 14.2 Å². The molecule has 0 saturated carbocycles. The molecule has 0 unspecified atom stereocenters. The number of carbonyl (C=O) groups is 1. The van der Waals surface area contributed by atoms with Crippen LogP contribution in [0.4, 0.5) is 0 Å². The molecule has 3 rings (SSSR count). The number of carbonyl (C=O) groups excluding carboxylic acids is 1. The first kappa shape index (κ1) is 21.1. The molecule has 0 spiro atoms. The molecule has 2 aromatic carbocycles. The average molecular weight is 414 g/mol. The molecule has 2 aromatic rings. The zero-order valence-corrected chi connectivity index (χ0v) is 18.2. The van der Waals surface area contributed by atoms with E-state index in [2.05, 4.69) is 13.0 Å². The molecular weight excluding hydrogens is 386 g/mol. The largest absolute Gasteiger partial charge is 0.496 e. The van der Waals surface area contributed by atoms with Gasteiger partial charge in [-0.15, -0.1) is 11.8 Å². The van der Waals surface area contributed by atoms with E-state index >= 15 is 0 Å². The molecule has 0 fully saturated rings. The maximum atomic E-state index is 13.1. The summed E-state index contributed by atoms with van der Waals surface area (Å²) < 4.78 is 16.5. The second-order valence-corrected chi connectivity index (χ2v) is 7.87. The van der Waals surface area contributed by atoms with Gasteiger partial charge in [-0.25, -0.2) is 0 Å². The van der Waals surface area contributed by atoms with Crippen molar-refractivity contribution in [3.8, 4) is 17.2 Å². The predicted octanol–water partition coefficient (Wildman–Crippen LogP) is 4.75. The Balaban J connectivity index is 1.86. The fourth-order valence-corrected chi connectivity index (χ4v) is 4.29. The van der Waals surface area contributed by atoms with E-state index in [1.807, 2.05) is 41.3 Å². The highest BCUT2D eigenvalue weighted by atomic mass is 32.2. The van der Waals surface area contributed by atoms with Gasteiger partial charge in [0.25, 0.3) is 5.91 Å². The lowest BCUT2D eigenvalue weighted by molar-refractivity contribution is 0.0769. The van der Waals surface area contributed by atoms with Crippen LogP contribution in [0.2, 0.25) is 0 Å². The highest BCUT2D eigenvalue weighted by molar-refractivity contribution is 7.99. The normalized spacial score (nSPS) is 13.7. The Morgan fingerprint density at radius 2 is 1.76 bits per heavy atom. The summed E-state index contributed by atoms with van der Waals surface area (Å²) in [5, 5.41) is 0. The lowest BCUT2D eigenvalue weighted by atomic mass is 9.96. The van der Waals surface area contributed by atoms with E-state index < -0.39 is 0 Å². The summed E-state index contributed by atoms with van der Waals surface area (Å²) >= 11 is 1.70. The summed E-state index contributed by atoms with van der Waals surface area (Å²) in [7, 11) is 4.89. The van der Waals surface area contributed by atoms with Gasteiger partial charge < -0.3 is 19.1 Å². The zero-order chi connectivity index (χ0) is 20.8. The molecule has 0 aromatic heterocycles. The summed E-state index contributed by atoms with van der Waals surface area (Å²) in [5.41, 5.74) is 2.81. The number of ether oxygens (including phenoxy) is 3. The molecule has 1 aliphatic heterocycles. The van der Waals surface area contributed by atoms with E-state index in [9.17, 15) is 4.79 Å². The summed E-state index contributed by atoms with van der Waals surface area (Å²) in [4.78, 5) is 16.0. The summed E-state index contributed by atoms with van der Waals surface area (Å²) in [6.07, 6.45) is 2.82. The van der Waals surface area contributed by atoms with Crippen LogP contribution >= 0.6 is 11.8 Å². The van der Waals surface area contributed by atoms with Crippen LogP contribution in [0.25, 0.3) is 5.57 Å². The Morgan fingerprint density at radius 1 is 1.07 bits per heavy atom. The van der Waals surface area contributed by atoms with Crippen molar-refractivity contribution in [2.75, 3.05) is 40.2 Å². The monoisotopic (exact) mass is 413 g/mol. The van der Waals surface area contributed by atoms with Crippen molar-refractivity contribution in [2.45, 2.75) is 18.2 Å². The van der Waals surface area contributed by atoms with E-state index in [0.29, 0.717) is 30.3 Å². The lowest BCUT2D eigenvalue weighted by Gasteiger charge is -2.28. The van der Waals surface area contributed by atoms with E-state index in [1.165, 1.54) is 0 Å². The average Bonchev–Trinajstić information content (AvgIpc) is 2.78. The summed E-state index contributed by atoms with van der Waals surface area (Å²) in [6.45, 7) is 3.29. The Hall–Kier alpha value is -2.60. The van der Waals surface area contributed by atoms with Gasteiger partial charge in [-0.05, 0) is 29.9 Å². The molecule has 6 heteroatoms. The van der Waals surface area contributed by atoms with Gasteiger partial charge in [-0.2, -0.15) is 0 Å². The van der Waals surface area contributed by atoms with Crippen molar-refractivity contribution in [3.05, 3.63) is 53.6 Å². The molecule has 1 amide bonds. The molecule has 0 radical (unpaired) electrons. The Kier molecular flexibility index (Phi) is 7.09. The summed E-state index contributed by atoms with van der Waals surface area (Å²) in [6, 6.07) is 11.5. The van der Waals surface area contributed by atoms with E-state index in [-0.39, 0.29) is 5.91 Å². The SMILES string of the molecule is CCSc1ccccc1C(=O)N1CC=C(c2c(OC)cc(OC)cc2OC)CC1. The minimum Gasteiger partial charge on any atom is -0.496 e. The zero-order valence-electron chi connectivity index (χ0n) is 17.4. The standard InChI is InChI=1S/C23H27NO4S/c1-5-29-21-9-7-6-8-18(21)23(25)24-12-10-16(11-13-24)22-19(27-3)14-17(26-2)15-20(22)28-4/h6-10,14-15H,5,11-13H2,1-4H3. The lowest BCUT2D eigenvalue weighted by Crippen LogP contribution is -2.35. The maximum Gasteiger partial charge on any atom is 0.255 e. The smallest absolute Gasteiger partial charge is 0.255 e. The highest BCUT2D eigenvalue weighted by Crippen LogP contribution is 2.41. The van der Waals surface area contributed by atoms with Crippen molar-refractivity contribution in [1.29, 1.82) is 0 Å². The number of amides is 1. The number of hydrogen-bond donors (Lipinski definition) is 0. The van der Waals surface area contributed by atoms with E-state index in [4.69, 9.17) is 14.2 Å². The molecule has 5 nitrogen and oxygen atoms in total. The van der Waals surface area contributed by atoms with Crippen molar-refractivity contribution in [3.63, 3.8) is 0 Å². The van der Waals surface area contributed by atoms with Crippen molar-refractivity contribution in [2.24, 2.45) is 0 Å². The third kappa shape index (κ3) is 4.53. The third-order valence-corrected chi connectivity index (χ3v) is 5.91. The van der Waals surface area contributed by atoms with E-state index in [0.717, 1.165) is 33.8 Å². The topological polar surface area (TPSA) is 48.0 Å². The number of nitrogens with zero attached hydrogens (tertiary/aromatic N) is 1. The van der Waals surface area contributed by atoms with Crippen LogP contribution in [0.1, 0.15) is 29.3 Å². The molecule has 1 aliphatic rings.